The summed E-state index contributed by atoms with van der Waals surface area (Å²) in [6.07, 6.45) is 5.01. The molecule has 3 rings (SSSR count). The Kier molecular flexibility index (Phi) is 10.8. The quantitative estimate of drug-likeness (QED) is 0.245. The van der Waals surface area contributed by atoms with Gasteiger partial charge in [0.2, 0.25) is 0 Å². The Hall–Kier alpha value is -2.03. The number of carbonyl (C=O) groups excluding carboxylic acids is 1. The minimum absolute atomic E-state index is 0. The first-order valence-electron chi connectivity index (χ1n) is 10.5. The van der Waals surface area contributed by atoms with E-state index >= 15 is 0 Å². The summed E-state index contributed by atoms with van der Waals surface area (Å²) in [5, 5.41) is 3.52. The van der Waals surface area contributed by atoms with Gasteiger partial charge in [-0.05, 0) is 43.9 Å². The molecular weight excluding hydrogens is 493 g/mol. The molecule has 0 spiro atoms. The van der Waals surface area contributed by atoms with Gasteiger partial charge in [0.1, 0.15) is 5.76 Å². The zero-order valence-electron chi connectivity index (χ0n) is 17.6. The van der Waals surface area contributed by atoms with Gasteiger partial charge in [0.25, 0.3) is 0 Å². The van der Waals surface area contributed by atoms with Crippen LogP contribution >= 0.6 is 24.0 Å². The fourth-order valence-electron chi connectivity index (χ4n) is 3.54. The summed E-state index contributed by atoms with van der Waals surface area (Å²) in [7, 11) is 0. The van der Waals surface area contributed by atoms with Crippen molar-refractivity contribution >= 4 is 35.9 Å². The molecule has 1 aromatic carbocycles. The summed E-state index contributed by atoms with van der Waals surface area (Å²) in [4.78, 5) is 19.1. The molecule has 0 saturated carbocycles. The molecule has 6 nitrogen and oxygen atoms in total. The smallest absolute Gasteiger partial charge is 0.309 e. The molecule has 0 atom stereocenters. The summed E-state index contributed by atoms with van der Waals surface area (Å²) in [5.74, 6) is 1.79. The summed E-state index contributed by atoms with van der Waals surface area (Å²) >= 11 is 0. The van der Waals surface area contributed by atoms with Crippen LogP contribution in [0.15, 0.2) is 58.1 Å². The summed E-state index contributed by atoms with van der Waals surface area (Å²) < 4.78 is 10.6. The van der Waals surface area contributed by atoms with Crippen LogP contribution < -0.4 is 5.32 Å². The van der Waals surface area contributed by atoms with E-state index in [9.17, 15) is 4.79 Å². The van der Waals surface area contributed by atoms with Crippen molar-refractivity contribution in [2.45, 2.75) is 32.6 Å². The van der Waals surface area contributed by atoms with Crippen molar-refractivity contribution in [3.63, 3.8) is 0 Å². The second-order valence-electron chi connectivity index (χ2n) is 7.21. The second-order valence-corrected chi connectivity index (χ2v) is 7.21. The van der Waals surface area contributed by atoms with Crippen LogP contribution in [0.4, 0.5) is 0 Å². The van der Waals surface area contributed by atoms with Crippen LogP contribution in [0.3, 0.4) is 0 Å². The van der Waals surface area contributed by atoms with Gasteiger partial charge in [0.05, 0.1) is 18.8 Å². The summed E-state index contributed by atoms with van der Waals surface area (Å²) in [6.45, 7) is 5.40. The third kappa shape index (κ3) is 7.66. The van der Waals surface area contributed by atoms with Crippen molar-refractivity contribution in [2.75, 3.05) is 32.8 Å². The zero-order chi connectivity index (χ0) is 20.3. The van der Waals surface area contributed by atoms with E-state index in [0.717, 1.165) is 57.0 Å². The minimum atomic E-state index is -0.0690. The van der Waals surface area contributed by atoms with E-state index in [4.69, 9.17) is 14.1 Å². The van der Waals surface area contributed by atoms with Gasteiger partial charge in [-0.1, -0.05) is 30.3 Å². The van der Waals surface area contributed by atoms with Crippen LogP contribution in [0.1, 0.15) is 31.1 Å². The predicted octanol–water partition coefficient (Wildman–Crippen LogP) is 3.90. The second kappa shape index (κ2) is 13.3. The van der Waals surface area contributed by atoms with Crippen LogP contribution in [0.2, 0.25) is 0 Å². The zero-order valence-corrected chi connectivity index (χ0v) is 19.9. The van der Waals surface area contributed by atoms with Crippen molar-refractivity contribution < 1.29 is 13.9 Å². The molecule has 0 amide bonds. The van der Waals surface area contributed by atoms with Gasteiger partial charge in [-0.3, -0.25) is 9.79 Å². The van der Waals surface area contributed by atoms with Crippen molar-refractivity contribution in [2.24, 2.45) is 10.9 Å². The first kappa shape index (κ1) is 24.2. The Morgan fingerprint density at radius 2 is 1.93 bits per heavy atom. The molecule has 0 aliphatic carbocycles. The molecule has 0 radical (unpaired) electrons. The highest BCUT2D eigenvalue weighted by atomic mass is 127. The van der Waals surface area contributed by atoms with E-state index in [1.807, 2.05) is 25.1 Å². The molecule has 2 aromatic rings. The Labute approximate surface area is 196 Å². The van der Waals surface area contributed by atoms with E-state index in [1.54, 1.807) is 6.26 Å². The maximum atomic E-state index is 12.0. The maximum Gasteiger partial charge on any atom is 0.309 e. The molecule has 0 bridgehead atoms. The summed E-state index contributed by atoms with van der Waals surface area (Å²) in [5.41, 5.74) is 1.30. The van der Waals surface area contributed by atoms with Crippen LogP contribution in [-0.4, -0.2) is 49.6 Å². The maximum absolute atomic E-state index is 12.0. The fraction of sp³-hybridized carbons (Fsp3) is 0.478. The van der Waals surface area contributed by atoms with Gasteiger partial charge in [-0.15, -0.1) is 24.0 Å². The number of benzene rings is 1. The van der Waals surface area contributed by atoms with Gasteiger partial charge >= 0.3 is 5.97 Å². The Bertz CT molecular complexity index is 757. The van der Waals surface area contributed by atoms with Gasteiger partial charge < -0.3 is 19.4 Å². The highest BCUT2D eigenvalue weighted by molar-refractivity contribution is 14.0. The van der Waals surface area contributed by atoms with Gasteiger partial charge in [-0.2, -0.15) is 0 Å². The van der Waals surface area contributed by atoms with Gasteiger partial charge in [-0.25, -0.2) is 0 Å². The molecule has 30 heavy (non-hydrogen) atoms. The molecule has 164 valence electrons. The Morgan fingerprint density at radius 3 is 2.60 bits per heavy atom. The molecule has 1 aliphatic rings. The lowest BCUT2D eigenvalue weighted by molar-refractivity contribution is -0.149. The van der Waals surface area contributed by atoms with E-state index in [1.165, 1.54) is 5.56 Å². The number of rotatable bonds is 8. The van der Waals surface area contributed by atoms with E-state index < -0.39 is 0 Å². The lowest BCUT2D eigenvalue weighted by Gasteiger charge is -2.33. The number of hydrogen-bond donors (Lipinski definition) is 1. The predicted molar refractivity (Wildman–Crippen MR) is 129 cm³/mol. The Balaban J connectivity index is 0.00000320. The number of hydrogen-bond acceptors (Lipinski definition) is 4. The average molecular weight is 525 g/mol. The largest absolute Gasteiger partial charge is 0.469 e. The third-order valence-corrected chi connectivity index (χ3v) is 5.15. The number of guanidine groups is 1. The van der Waals surface area contributed by atoms with Gasteiger partial charge in [0.15, 0.2) is 5.96 Å². The number of nitrogens with one attached hydrogen (secondary N) is 1. The summed E-state index contributed by atoms with van der Waals surface area (Å²) in [6, 6.07) is 14.3. The van der Waals surface area contributed by atoms with E-state index in [0.29, 0.717) is 13.2 Å². The molecule has 2 heterocycles. The standard InChI is InChI=1S/C23H31N3O3.HI/c1-2-28-22(27)20-12-16-26(17-13-20)23(25-15-11-21-9-6-18-29-21)24-14-10-19-7-4-3-5-8-19;/h3-9,18,20H,2,10-17H2,1H3,(H,24,25);1H. The minimum Gasteiger partial charge on any atom is -0.469 e. The van der Waals surface area contributed by atoms with E-state index in [2.05, 4.69) is 34.5 Å². The lowest BCUT2D eigenvalue weighted by atomic mass is 9.97. The molecule has 1 fully saturated rings. The van der Waals surface area contributed by atoms with Crippen LogP contribution in [0.25, 0.3) is 0 Å². The highest BCUT2D eigenvalue weighted by Gasteiger charge is 2.27. The first-order valence-corrected chi connectivity index (χ1v) is 10.5. The number of likely N-dealkylation sites (tertiary alicyclic amines) is 1. The molecule has 1 aromatic heterocycles. The number of carbonyl (C=O) groups is 1. The number of piperidine rings is 1. The van der Waals surface area contributed by atoms with Crippen LogP contribution in [0, 0.1) is 5.92 Å². The first-order chi connectivity index (χ1) is 14.3. The SMILES string of the molecule is CCOC(=O)C1CCN(C(=NCCc2ccco2)NCCc2ccccc2)CC1.I. The molecule has 7 heteroatoms. The van der Waals surface area contributed by atoms with Crippen LogP contribution in [0.5, 0.6) is 0 Å². The number of halogens is 1. The molecule has 1 aliphatic heterocycles. The number of furan rings is 1. The fourth-order valence-corrected chi connectivity index (χ4v) is 3.54. The third-order valence-electron chi connectivity index (χ3n) is 5.15. The molecule has 1 saturated heterocycles. The van der Waals surface area contributed by atoms with E-state index in [-0.39, 0.29) is 35.9 Å². The average Bonchev–Trinajstić information content (AvgIpc) is 3.27. The number of aliphatic imine (C=N–C) groups is 1. The van der Waals surface area contributed by atoms with Crippen molar-refractivity contribution in [1.29, 1.82) is 0 Å². The number of esters is 1. The van der Waals surface area contributed by atoms with Crippen molar-refractivity contribution in [3.8, 4) is 0 Å². The van der Waals surface area contributed by atoms with Gasteiger partial charge in [0, 0.05) is 32.6 Å². The topological polar surface area (TPSA) is 67.1 Å². The van der Waals surface area contributed by atoms with Crippen molar-refractivity contribution in [3.05, 3.63) is 60.1 Å². The Morgan fingerprint density at radius 1 is 1.17 bits per heavy atom. The molecule has 1 N–H and O–H groups in total. The highest BCUT2D eigenvalue weighted by Crippen LogP contribution is 2.19. The molecule has 0 unspecified atom stereocenters. The number of nitrogens with zero attached hydrogens (tertiary/aromatic N) is 2. The van der Waals surface area contributed by atoms with Crippen LogP contribution in [-0.2, 0) is 22.4 Å². The monoisotopic (exact) mass is 525 g/mol. The number of ether oxygens (including phenoxy) is 1. The normalized spacial score (nSPS) is 14.8. The lowest BCUT2D eigenvalue weighted by Crippen LogP contribution is -2.47. The molecular formula is C23H32IN3O3. The van der Waals surface area contributed by atoms with Crippen molar-refractivity contribution in [1.82, 2.24) is 10.2 Å².